The van der Waals surface area contributed by atoms with E-state index in [2.05, 4.69) is 0 Å². The predicted molar refractivity (Wildman–Crippen MR) is 91.7 cm³/mol. The number of nitrogen functional groups attached to an aromatic ring is 1. The van der Waals surface area contributed by atoms with Gasteiger partial charge in [0.15, 0.2) is 0 Å². The monoisotopic (exact) mass is 356 g/mol. The number of nitrogens with two attached hydrogens (primary N) is 1. The van der Waals surface area contributed by atoms with Crippen LogP contribution >= 0.6 is 11.6 Å². The van der Waals surface area contributed by atoms with E-state index < -0.39 is 9.84 Å². The molecule has 0 saturated heterocycles. The molecule has 5 nitrogen and oxygen atoms in total. The lowest BCUT2D eigenvalue weighted by Gasteiger charge is -2.09. The van der Waals surface area contributed by atoms with Gasteiger partial charge in [0, 0.05) is 31.0 Å². The molecule has 0 atom stereocenters. The maximum Gasteiger partial charge on any atom is 0.210 e. The van der Waals surface area contributed by atoms with Gasteiger partial charge in [-0.25, -0.2) is 8.42 Å². The van der Waals surface area contributed by atoms with Crippen LogP contribution in [-0.4, -0.2) is 26.7 Å². The molecule has 1 aromatic heterocycles. The first-order valence-electron chi connectivity index (χ1n) is 7.25. The molecule has 0 radical (unpaired) electrons. The van der Waals surface area contributed by atoms with Crippen LogP contribution in [-0.2, 0) is 21.1 Å². The smallest absolute Gasteiger partial charge is 0.210 e. The van der Waals surface area contributed by atoms with Gasteiger partial charge in [-0.15, -0.1) is 0 Å². The Kier molecular flexibility index (Phi) is 5.39. The predicted octanol–water partition coefficient (Wildman–Crippen LogP) is 3.21. The van der Waals surface area contributed by atoms with Gasteiger partial charge in [-0.1, -0.05) is 17.7 Å². The van der Waals surface area contributed by atoms with Crippen LogP contribution in [0.5, 0.6) is 0 Å². The standard InChI is InChI=1S/C16H21ClN2O3S/c1-11-12(2)19(8-5-9-22-3)16(18)15(11)23(20,21)14-7-4-6-13(17)10-14/h4,6-7,10H,5,8-9,18H2,1-3H3. The van der Waals surface area contributed by atoms with E-state index in [-0.39, 0.29) is 15.6 Å². The average molecular weight is 357 g/mol. The zero-order valence-electron chi connectivity index (χ0n) is 13.5. The summed E-state index contributed by atoms with van der Waals surface area (Å²) in [6.07, 6.45) is 0.756. The topological polar surface area (TPSA) is 74.3 Å². The highest BCUT2D eigenvalue weighted by Crippen LogP contribution is 2.34. The van der Waals surface area contributed by atoms with Crippen LogP contribution in [0.1, 0.15) is 17.7 Å². The van der Waals surface area contributed by atoms with Crippen LogP contribution in [0.2, 0.25) is 5.02 Å². The molecule has 0 fully saturated rings. The second-order valence-electron chi connectivity index (χ2n) is 5.38. The van der Waals surface area contributed by atoms with Crippen molar-refractivity contribution in [1.29, 1.82) is 0 Å². The second-order valence-corrected chi connectivity index (χ2v) is 7.71. The summed E-state index contributed by atoms with van der Waals surface area (Å²) in [5.74, 6) is 0.260. The summed E-state index contributed by atoms with van der Waals surface area (Å²) < 4.78 is 32.8. The van der Waals surface area contributed by atoms with Gasteiger partial charge in [0.1, 0.15) is 10.7 Å². The number of methoxy groups -OCH3 is 1. The van der Waals surface area contributed by atoms with Crippen molar-refractivity contribution in [2.24, 2.45) is 0 Å². The molecule has 126 valence electrons. The summed E-state index contributed by atoms with van der Waals surface area (Å²) in [5, 5.41) is 0.374. The highest BCUT2D eigenvalue weighted by atomic mass is 35.5. The number of halogens is 1. The highest BCUT2D eigenvalue weighted by Gasteiger charge is 2.28. The minimum absolute atomic E-state index is 0.147. The lowest BCUT2D eigenvalue weighted by Crippen LogP contribution is -2.09. The molecule has 23 heavy (non-hydrogen) atoms. The van der Waals surface area contributed by atoms with Crippen molar-refractivity contribution in [2.75, 3.05) is 19.5 Å². The zero-order chi connectivity index (χ0) is 17.2. The van der Waals surface area contributed by atoms with E-state index in [4.69, 9.17) is 22.1 Å². The Balaban J connectivity index is 2.53. The first-order valence-corrected chi connectivity index (χ1v) is 9.11. The van der Waals surface area contributed by atoms with E-state index in [0.717, 1.165) is 12.1 Å². The molecule has 1 aromatic carbocycles. The normalized spacial score (nSPS) is 11.8. The third kappa shape index (κ3) is 3.39. The quantitative estimate of drug-likeness (QED) is 0.806. The maximum absolute atomic E-state index is 12.9. The Morgan fingerprint density at radius 1 is 1.30 bits per heavy atom. The fourth-order valence-corrected chi connectivity index (χ4v) is 4.58. The summed E-state index contributed by atoms with van der Waals surface area (Å²) in [4.78, 5) is 0.309. The number of hydrogen-bond donors (Lipinski definition) is 1. The van der Waals surface area contributed by atoms with Crippen LogP contribution in [0.15, 0.2) is 34.1 Å². The molecule has 0 amide bonds. The van der Waals surface area contributed by atoms with Crippen molar-refractivity contribution < 1.29 is 13.2 Å². The minimum atomic E-state index is -3.72. The van der Waals surface area contributed by atoms with E-state index in [9.17, 15) is 8.42 Å². The molecular formula is C16H21ClN2O3S. The molecule has 2 rings (SSSR count). The lowest BCUT2D eigenvalue weighted by atomic mass is 10.3. The van der Waals surface area contributed by atoms with Crippen LogP contribution < -0.4 is 5.73 Å². The third-order valence-corrected chi connectivity index (χ3v) is 6.08. The molecule has 0 unspecified atom stereocenters. The fourth-order valence-electron chi connectivity index (χ4n) is 2.61. The van der Waals surface area contributed by atoms with Crippen LogP contribution in [0.3, 0.4) is 0 Å². The van der Waals surface area contributed by atoms with Crippen molar-refractivity contribution in [2.45, 2.75) is 36.6 Å². The zero-order valence-corrected chi connectivity index (χ0v) is 15.0. The number of ether oxygens (including phenoxy) is 1. The first kappa shape index (κ1) is 17.8. The minimum Gasteiger partial charge on any atom is -0.385 e. The average Bonchev–Trinajstić information content (AvgIpc) is 2.71. The van der Waals surface area contributed by atoms with Crippen molar-refractivity contribution >= 4 is 27.3 Å². The number of nitrogens with zero attached hydrogens (tertiary/aromatic N) is 1. The van der Waals surface area contributed by atoms with Crippen molar-refractivity contribution in [1.82, 2.24) is 4.57 Å². The molecule has 2 aromatic rings. The maximum atomic E-state index is 12.9. The number of hydrogen-bond acceptors (Lipinski definition) is 4. The van der Waals surface area contributed by atoms with Crippen molar-refractivity contribution in [3.63, 3.8) is 0 Å². The Hall–Kier alpha value is -1.50. The molecule has 1 heterocycles. The Labute approximate surface area is 141 Å². The Bertz CT molecular complexity index is 813. The van der Waals surface area contributed by atoms with Gasteiger partial charge in [-0.3, -0.25) is 0 Å². The summed E-state index contributed by atoms with van der Waals surface area (Å²) in [7, 11) is -2.09. The summed E-state index contributed by atoms with van der Waals surface area (Å²) in [5.41, 5.74) is 7.67. The van der Waals surface area contributed by atoms with Crippen LogP contribution in [0, 0.1) is 13.8 Å². The Morgan fingerprint density at radius 2 is 2.00 bits per heavy atom. The molecule has 0 bridgehead atoms. The van der Waals surface area contributed by atoms with E-state index in [1.807, 2.05) is 11.5 Å². The number of anilines is 1. The molecule has 0 saturated carbocycles. The molecule has 0 aliphatic carbocycles. The van der Waals surface area contributed by atoms with Crippen LogP contribution in [0.4, 0.5) is 5.82 Å². The summed E-state index contributed by atoms with van der Waals surface area (Å²) >= 11 is 5.92. The number of aromatic nitrogens is 1. The van der Waals surface area contributed by atoms with Crippen LogP contribution in [0.25, 0.3) is 0 Å². The van der Waals surface area contributed by atoms with Gasteiger partial charge < -0.3 is 15.0 Å². The molecule has 0 aliphatic rings. The molecular weight excluding hydrogens is 336 g/mol. The number of benzene rings is 1. The van der Waals surface area contributed by atoms with Gasteiger partial charge in [0.05, 0.1) is 4.90 Å². The van der Waals surface area contributed by atoms with E-state index in [0.29, 0.717) is 23.7 Å². The molecule has 0 aliphatic heterocycles. The molecule has 7 heteroatoms. The van der Waals surface area contributed by atoms with Gasteiger partial charge >= 0.3 is 0 Å². The summed E-state index contributed by atoms with van der Waals surface area (Å²) in [6.45, 7) is 4.84. The van der Waals surface area contributed by atoms with Crippen molar-refractivity contribution in [3.05, 3.63) is 40.5 Å². The van der Waals surface area contributed by atoms with E-state index in [1.54, 1.807) is 26.2 Å². The SMILES string of the molecule is COCCCn1c(C)c(C)c(S(=O)(=O)c2cccc(Cl)c2)c1N. The fraction of sp³-hybridized carbons (Fsp3) is 0.375. The molecule has 0 spiro atoms. The first-order chi connectivity index (χ1) is 10.8. The van der Waals surface area contributed by atoms with E-state index in [1.165, 1.54) is 12.1 Å². The largest absolute Gasteiger partial charge is 0.385 e. The third-order valence-electron chi connectivity index (χ3n) is 3.92. The van der Waals surface area contributed by atoms with Gasteiger partial charge in [0.25, 0.3) is 0 Å². The number of rotatable bonds is 6. The van der Waals surface area contributed by atoms with Gasteiger partial charge in [0.2, 0.25) is 9.84 Å². The highest BCUT2D eigenvalue weighted by molar-refractivity contribution is 7.91. The van der Waals surface area contributed by atoms with Gasteiger partial charge in [-0.05, 0) is 44.0 Å². The Morgan fingerprint density at radius 3 is 2.61 bits per heavy atom. The van der Waals surface area contributed by atoms with Crippen molar-refractivity contribution in [3.8, 4) is 0 Å². The summed E-state index contributed by atoms with van der Waals surface area (Å²) in [6, 6.07) is 6.21. The lowest BCUT2D eigenvalue weighted by molar-refractivity contribution is 0.190. The van der Waals surface area contributed by atoms with Gasteiger partial charge in [-0.2, -0.15) is 0 Å². The second kappa shape index (κ2) is 6.95. The number of sulfone groups is 1. The van der Waals surface area contributed by atoms with E-state index >= 15 is 0 Å². The molecule has 2 N–H and O–H groups in total.